The van der Waals surface area contributed by atoms with Gasteiger partial charge in [0.2, 0.25) is 0 Å². The molecule has 23 heavy (non-hydrogen) atoms. The zero-order chi connectivity index (χ0) is 17.0. The van der Waals surface area contributed by atoms with E-state index in [1.165, 1.54) is 25.1 Å². The molecule has 0 heterocycles. The normalized spacial score (nSPS) is 10.3. The van der Waals surface area contributed by atoms with E-state index in [1.54, 1.807) is 18.2 Å². The first-order valence-electron chi connectivity index (χ1n) is 7.24. The molecule has 2 rings (SSSR count). The number of phenols is 1. The second kappa shape index (κ2) is 6.96. The second-order valence-electron chi connectivity index (χ2n) is 5.18. The van der Waals surface area contributed by atoms with E-state index in [2.05, 4.69) is 0 Å². The van der Waals surface area contributed by atoms with Crippen LogP contribution in [0.5, 0.6) is 11.5 Å². The van der Waals surface area contributed by atoms with Crippen molar-refractivity contribution >= 4 is 11.8 Å². The maximum absolute atomic E-state index is 11.6. The van der Waals surface area contributed by atoms with Gasteiger partial charge in [0, 0.05) is 6.07 Å². The number of aromatic hydroxyl groups is 1. The molecule has 5 heteroatoms. The van der Waals surface area contributed by atoms with Crippen LogP contribution in [-0.4, -0.2) is 22.0 Å². The Morgan fingerprint density at radius 1 is 1.17 bits per heavy atom. The monoisotopic (exact) mass is 314 g/mol. The Balaban J connectivity index is 2.21. The molecular weight excluding hydrogens is 296 g/mol. The van der Waals surface area contributed by atoms with Gasteiger partial charge in [-0.15, -0.1) is 0 Å². The molecule has 2 aromatic rings. The lowest BCUT2D eigenvalue weighted by atomic mass is 10.0. The van der Waals surface area contributed by atoms with Gasteiger partial charge in [-0.05, 0) is 42.7 Å². The van der Waals surface area contributed by atoms with Crippen LogP contribution >= 0.6 is 0 Å². The minimum atomic E-state index is -0.997. The number of rotatable bonds is 6. The van der Waals surface area contributed by atoms with Crippen molar-refractivity contribution < 1.29 is 24.5 Å². The van der Waals surface area contributed by atoms with Gasteiger partial charge in [0.25, 0.3) is 0 Å². The maximum Gasteiger partial charge on any atom is 0.335 e. The first kappa shape index (κ1) is 16.5. The van der Waals surface area contributed by atoms with Gasteiger partial charge < -0.3 is 14.9 Å². The molecule has 0 amide bonds. The molecule has 0 saturated carbocycles. The quantitative estimate of drug-likeness (QED) is 0.798. The summed E-state index contributed by atoms with van der Waals surface area (Å²) in [5, 5.41) is 19.0. The third kappa shape index (κ3) is 3.88. The molecule has 0 aliphatic heterocycles. The van der Waals surface area contributed by atoms with Crippen molar-refractivity contribution in [1.82, 2.24) is 0 Å². The van der Waals surface area contributed by atoms with Crippen molar-refractivity contribution in [3.8, 4) is 11.5 Å². The topological polar surface area (TPSA) is 83.8 Å². The fourth-order valence-electron chi connectivity index (χ4n) is 2.39. The largest absolute Gasteiger partial charge is 0.507 e. The standard InChI is InChI=1S/C18H18O5/c1-3-13-8-15(9-16(20)17(13)11(2)19)23-10-12-5-4-6-14(7-12)18(21)22/h4-9,20H,3,10H2,1-2H3,(H,21,22). The molecule has 5 nitrogen and oxygen atoms in total. The third-order valence-corrected chi connectivity index (χ3v) is 3.49. The highest BCUT2D eigenvalue weighted by molar-refractivity contribution is 5.98. The van der Waals surface area contributed by atoms with Gasteiger partial charge in [0.1, 0.15) is 18.1 Å². The van der Waals surface area contributed by atoms with Gasteiger partial charge >= 0.3 is 5.97 Å². The number of carboxylic acid groups (broad SMARTS) is 1. The number of aromatic carboxylic acids is 1. The smallest absolute Gasteiger partial charge is 0.335 e. The highest BCUT2D eigenvalue weighted by Crippen LogP contribution is 2.29. The van der Waals surface area contributed by atoms with E-state index >= 15 is 0 Å². The van der Waals surface area contributed by atoms with E-state index < -0.39 is 5.97 Å². The third-order valence-electron chi connectivity index (χ3n) is 3.49. The summed E-state index contributed by atoms with van der Waals surface area (Å²) in [6.07, 6.45) is 0.591. The number of carbonyl (C=O) groups excluding carboxylic acids is 1. The molecule has 0 fully saturated rings. The fraction of sp³-hybridized carbons (Fsp3) is 0.222. The number of phenolic OH excluding ortho intramolecular Hbond substituents is 1. The number of benzene rings is 2. The number of aryl methyl sites for hydroxylation is 1. The molecule has 0 radical (unpaired) electrons. The van der Waals surface area contributed by atoms with E-state index in [-0.39, 0.29) is 23.7 Å². The van der Waals surface area contributed by atoms with E-state index in [9.17, 15) is 14.7 Å². The number of ketones is 1. The molecule has 0 atom stereocenters. The lowest BCUT2D eigenvalue weighted by molar-refractivity contribution is 0.0696. The van der Waals surface area contributed by atoms with E-state index in [4.69, 9.17) is 9.84 Å². The Bertz CT molecular complexity index is 749. The predicted octanol–water partition coefficient (Wildman–Crippen LogP) is 3.43. The van der Waals surface area contributed by atoms with Crippen molar-refractivity contribution in [3.05, 3.63) is 58.7 Å². The van der Waals surface area contributed by atoms with Crippen molar-refractivity contribution in [2.24, 2.45) is 0 Å². The molecule has 2 N–H and O–H groups in total. The number of Topliss-reactive ketones (excluding diaryl/α,β-unsaturated/α-hetero) is 1. The van der Waals surface area contributed by atoms with Gasteiger partial charge in [-0.3, -0.25) is 4.79 Å². The molecule has 120 valence electrons. The van der Waals surface area contributed by atoms with Crippen LogP contribution in [0.15, 0.2) is 36.4 Å². The molecule has 0 spiro atoms. The van der Waals surface area contributed by atoms with Crippen molar-refractivity contribution in [1.29, 1.82) is 0 Å². The Morgan fingerprint density at radius 3 is 2.52 bits per heavy atom. The van der Waals surface area contributed by atoms with Crippen molar-refractivity contribution in [2.45, 2.75) is 26.9 Å². The molecule has 0 unspecified atom stereocenters. The van der Waals surface area contributed by atoms with Crippen LogP contribution in [0.2, 0.25) is 0 Å². The number of hydrogen-bond donors (Lipinski definition) is 2. The van der Waals surface area contributed by atoms with Crippen LogP contribution in [-0.2, 0) is 13.0 Å². The summed E-state index contributed by atoms with van der Waals surface area (Å²) in [6, 6.07) is 9.57. The summed E-state index contributed by atoms with van der Waals surface area (Å²) in [6.45, 7) is 3.47. The summed E-state index contributed by atoms with van der Waals surface area (Å²) in [5.41, 5.74) is 1.92. The van der Waals surface area contributed by atoms with Gasteiger partial charge in [-0.2, -0.15) is 0 Å². The van der Waals surface area contributed by atoms with Crippen LogP contribution in [0, 0.1) is 0 Å². The average molecular weight is 314 g/mol. The predicted molar refractivity (Wildman–Crippen MR) is 85.2 cm³/mol. The fourth-order valence-corrected chi connectivity index (χ4v) is 2.39. The number of ether oxygens (including phenoxy) is 1. The minimum absolute atomic E-state index is 0.105. The number of hydrogen-bond acceptors (Lipinski definition) is 4. The van der Waals surface area contributed by atoms with Crippen LogP contribution in [0.4, 0.5) is 0 Å². The number of carboxylic acids is 1. The second-order valence-corrected chi connectivity index (χ2v) is 5.18. The highest BCUT2D eigenvalue weighted by atomic mass is 16.5. The summed E-state index contributed by atoms with van der Waals surface area (Å²) < 4.78 is 5.62. The maximum atomic E-state index is 11.6. The zero-order valence-electron chi connectivity index (χ0n) is 13.0. The molecule has 0 aromatic heterocycles. The van der Waals surface area contributed by atoms with Gasteiger partial charge in [0.05, 0.1) is 11.1 Å². The molecule has 0 bridgehead atoms. The van der Waals surface area contributed by atoms with Crippen LogP contribution in [0.1, 0.15) is 45.7 Å². The first-order chi connectivity index (χ1) is 10.9. The van der Waals surface area contributed by atoms with Crippen LogP contribution in [0.3, 0.4) is 0 Å². The SMILES string of the molecule is CCc1cc(OCc2cccc(C(=O)O)c2)cc(O)c1C(C)=O. The lowest BCUT2D eigenvalue weighted by Gasteiger charge is -2.12. The summed E-state index contributed by atoms with van der Waals surface area (Å²) in [4.78, 5) is 22.5. The molecule has 0 saturated heterocycles. The highest BCUT2D eigenvalue weighted by Gasteiger charge is 2.14. The minimum Gasteiger partial charge on any atom is -0.507 e. The van der Waals surface area contributed by atoms with Crippen molar-refractivity contribution in [3.63, 3.8) is 0 Å². The number of carbonyl (C=O) groups is 2. The summed E-state index contributed by atoms with van der Waals surface area (Å²) in [5.74, 6) is -0.861. The average Bonchev–Trinajstić information content (AvgIpc) is 2.52. The molecular formula is C18H18O5. The van der Waals surface area contributed by atoms with E-state index in [0.29, 0.717) is 28.9 Å². The first-order valence-corrected chi connectivity index (χ1v) is 7.24. The Morgan fingerprint density at radius 2 is 1.91 bits per heavy atom. The molecule has 0 aliphatic carbocycles. The van der Waals surface area contributed by atoms with Crippen molar-refractivity contribution in [2.75, 3.05) is 0 Å². The van der Waals surface area contributed by atoms with Gasteiger partial charge in [0.15, 0.2) is 5.78 Å². The van der Waals surface area contributed by atoms with E-state index in [1.807, 2.05) is 6.92 Å². The molecule has 0 aliphatic rings. The Labute approximate surface area is 134 Å². The van der Waals surface area contributed by atoms with Gasteiger partial charge in [-0.25, -0.2) is 4.79 Å². The van der Waals surface area contributed by atoms with E-state index in [0.717, 1.165) is 0 Å². The lowest BCUT2D eigenvalue weighted by Crippen LogP contribution is -2.03. The Kier molecular flexibility index (Phi) is 5.01. The van der Waals surface area contributed by atoms with Gasteiger partial charge in [-0.1, -0.05) is 19.1 Å². The summed E-state index contributed by atoms with van der Waals surface area (Å²) >= 11 is 0. The van der Waals surface area contributed by atoms with Crippen LogP contribution in [0.25, 0.3) is 0 Å². The molecule has 2 aromatic carbocycles. The zero-order valence-corrected chi connectivity index (χ0v) is 13.0. The van der Waals surface area contributed by atoms with Crippen LogP contribution < -0.4 is 4.74 Å². The summed E-state index contributed by atoms with van der Waals surface area (Å²) in [7, 11) is 0. The Hall–Kier alpha value is -2.82.